The highest BCUT2D eigenvalue weighted by Gasteiger charge is 2.47. The number of para-hydroxylation sites is 1. The molecule has 13 rings (SSSR count). The maximum Gasteiger partial charge on any atom is 0.333 e. The second-order valence-electron chi connectivity index (χ2n) is 26.7. The van der Waals surface area contributed by atoms with Crippen molar-refractivity contribution in [3.05, 3.63) is 241 Å². The molecule has 1 aromatic heterocycles. The van der Waals surface area contributed by atoms with Gasteiger partial charge >= 0.3 is 6.85 Å². The fourth-order valence-electron chi connectivity index (χ4n) is 12.5. The summed E-state index contributed by atoms with van der Waals surface area (Å²) in [6, 6.07) is 82.3. The lowest BCUT2D eigenvalue weighted by Crippen LogP contribution is -2.61. The largest absolute Gasteiger partial charge is 0.454 e. The maximum atomic E-state index is 7.27. The summed E-state index contributed by atoms with van der Waals surface area (Å²) in [5.41, 5.74) is 25.1. The topological polar surface area (TPSA) is 22.9 Å². The number of anilines is 8. The van der Waals surface area contributed by atoms with Crippen LogP contribution in [0.1, 0.15) is 105 Å². The van der Waals surface area contributed by atoms with Crippen LogP contribution in [-0.2, 0) is 21.7 Å². The highest BCUT2D eigenvalue weighted by Crippen LogP contribution is 2.53. The predicted octanol–water partition coefficient (Wildman–Crippen LogP) is 20.3. The zero-order chi connectivity index (χ0) is 56.3. The minimum atomic E-state index is -0.248. The van der Waals surface area contributed by atoms with Gasteiger partial charge in [-0.2, -0.15) is 0 Å². The molecular weight excluding hydrogens is 982 g/mol. The van der Waals surface area contributed by atoms with Gasteiger partial charge in [0.2, 0.25) is 0 Å². The summed E-state index contributed by atoms with van der Waals surface area (Å²) >= 11 is 0. The number of rotatable bonds is 7. The first kappa shape index (κ1) is 51.9. The molecule has 0 saturated carbocycles. The molecule has 10 aromatic carbocycles. The Labute approximate surface area is 480 Å². The maximum absolute atomic E-state index is 7.27. The zero-order valence-electron chi connectivity index (χ0n) is 49.1. The average molecular weight is 1050 g/mol. The number of hydrogen-bond donors (Lipinski definition) is 0. The fraction of sp³-hybridized carbons (Fsp3) is 0.211. The minimum absolute atomic E-state index is 0.0106. The van der Waals surface area contributed by atoms with Gasteiger partial charge in [-0.25, -0.2) is 0 Å². The van der Waals surface area contributed by atoms with Crippen molar-refractivity contribution in [2.75, 3.05) is 14.6 Å². The molecule has 0 atom stereocenters. The van der Waals surface area contributed by atoms with Gasteiger partial charge in [0.05, 0.1) is 11.4 Å². The lowest BCUT2D eigenvalue weighted by atomic mass is 9.43. The van der Waals surface area contributed by atoms with E-state index in [-0.39, 0.29) is 28.5 Å². The third-order valence-corrected chi connectivity index (χ3v) is 17.1. The van der Waals surface area contributed by atoms with E-state index in [1.165, 1.54) is 44.3 Å². The molecule has 2 aliphatic heterocycles. The monoisotopic (exact) mass is 1050 g/mol. The van der Waals surface area contributed by atoms with Crippen molar-refractivity contribution >= 4 is 85.2 Å². The molecule has 2 aliphatic rings. The average Bonchev–Trinajstić information content (AvgIpc) is 4.03. The summed E-state index contributed by atoms with van der Waals surface area (Å²) in [6.45, 7) is 27.3. The van der Waals surface area contributed by atoms with Crippen LogP contribution in [-0.4, -0.2) is 6.85 Å². The summed E-state index contributed by atoms with van der Waals surface area (Å²) in [6.07, 6.45) is 0. The Morgan fingerprint density at radius 2 is 0.889 bits per heavy atom. The van der Waals surface area contributed by atoms with Gasteiger partial charge in [0.25, 0.3) is 0 Å². The molecule has 0 unspecified atom stereocenters. The Hall–Kier alpha value is -8.54. The van der Waals surface area contributed by atoms with E-state index in [1.807, 2.05) is 0 Å². The van der Waals surface area contributed by atoms with E-state index in [0.29, 0.717) is 0 Å². The summed E-state index contributed by atoms with van der Waals surface area (Å²) in [4.78, 5) is 7.65. The predicted molar refractivity (Wildman–Crippen MR) is 348 cm³/mol. The molecule has 11 aromatic rings. The summed E-state index contributed by atoms with van der Waals surface area (Å²) in [7, 11) is 0. The van der Waals surface area contributed by atoms with Gasteiger partial charge in [0.1, 0.15) is 5.58 Å². The minimum Gasteiger partial charge on any atom is -0.454 e. The summed E-state index contributed by atoms with van der Waals surface area (Å²) in [5.74, 6) is 0. The van der Waals surface area contributed by atoms with Gasteiger partial charge in [0.15, 0.2) is 5.58 Å². The van der Waals surface area contributed by atoms with E-state index in [4.69, 9.17) is 4.42 Å². The van der Waals surface area contributed by atoms with E-state index in [0.717, 1.165) is 89.7 Å². The van der Waals surface area contributed by atoms with E-state index >= 15 is 0 Å². The molecule has 0 bridgehead atoms. The molecule has 400 valence electrons. The standard InChI is InChI=1S/C76H72BN3O/c1-73(2,3)52-27-34-56(35-28-52)78(57-36-29-53(30-37-57)74(4,5)6)59-40-44-67-63(48-59)64-45-51(49-21-15-13-16-22-49)46-68-70(64)77(80(67)58-38-31-54(32-39-58)75(7,8)9)65-42-41-61-60-25-19-20-26-69(60)81-72(61)71(65)79(68)66-43-33-55(76(10,11)12)47-62(66)50-23-17-14-18-24-50/h13-48H,1-12H3. The second kappa shape index (κ2) is 19.1. The number of benzene rings is 10. The molecule has 5 heteroatoms. The molecule has 0 saturated heterocycles. The van der Waals surface area contributed by atoms with E-state index in [2.05, 4.69) is 316 Å². The number of furan rings is 1. The van der Waals surface area contributed by atoms with Crippen LogP contribution in [0.4, 0.5) is 45.5 Å². The fourth-order valence-corrected chi connectivity index (χ4v) is 12.5. The Balaban J connectivity index is 1.15. The third-order valence-electron chi connectivity index (χ3n) is 17.1. The normalized spacial score (nSPS) is 13.4. The van der Waals surface area contributed by atoms with Crippen molar-refractivity contribution in [2.45, 2.75) is 105 Å². The molecule has 4 nitrogen and oxygen atoms in total. The highest BCUT2D eigenvalue weighted by molar-refractivity contribution is 6.94. The lowest BCUT2D eigenvalue weighted by Gasteiger charge is -2.46. The van der Waals surface area contributed by atoms with Crippen LogP contribution in [0.15, 0.2) is 223 Å². The molecule has 0 amide bonds. The molecule has 81 heavy (non-hydrogen) atoms. The lowest BCUT2D eigenvalue weighted by molar-refractivity contribution is 0.590. The molecule has 0 aliphatic carbocycles. The first-order valence-corrected chi connectivity index (χ1v) is 28.9. The van der Waals surface area contributed by atoms with Crippen LogP contribution in [0.3, 0.4) is 0 Å². The molecule has 0 radical (unpaired) electrons. The van der Waals surface area contributed by atoms with Crippen LogP contribution >= 0.6 is 0 Å². The van der Waals surface area contributed by atoms with E-state index in [9.17, 15) is 0 Å². The van der Waals surface area contributed by atoms with Gasteiger partial charge in [-0.1, -0.05) is 217 Å². The Morgan fingerprint density at radius 1 is 0.370 bits per heavy atom. The SMILES string of the molecule is CC(C)(C)c1ccc(N2B3c4ccc5c(oc6ccccc65)c4N(c4ccc(C(C)(C)C)cc4-c4ccccc4)c4cc(-c5ccccc5)cc(c43)-c3cc(N(c4ccc(C(C)(C)C)cc4)c4ccc(C(C)(C)C)cc4)ccc32)cc1. The van der Waals surface area contributed by atoms with Gasteiger partial charge in [-0.05, 0) is 162 Å². The summed E-state index contributed by atoms with van der Waals surface area (Å²) < 4.78 is 7.27. The second-order valence-corrected chi connectivity index (χ2v) is 26.7. The Morgan fingerprint density at radius 3 is 1.48 bits per heavy atom. The Kier molecular flexibility index (Phi) is 12.2. The Bertz CT molecular complexity index is 4130. The van der Waals surface area contributed by atoms with Crippen molar-refractivity contribution in [3.8, 4) is 33.4 Å². The van der Waals surface area contributed by atoms with Crippen molar-refractivity contribution in [1.29, 1.82) is 0 Å². The van der Waals surface area contributed by atoms with E-state index < -0.39 is 0 Å². The van der Waals surface area contributed by atoms with Crippen molar-refractivity contribution in [1.82, 2.24) is 0 Å². The first-order chi connectivity index (χ1) is 38.7. The van der Waals surface area contributed by atoms with Gasteiger partial charge in [-0.3, -0.25) is 0 Å². The quantitative estimate of drug-likeness (QED) is 0.148. The first-order valence-electron chi connectivity index (χ1n) is 28.9. The van der Waals surface area contributed by atoms with Gasteiger partial charge in [-0.15, -0.1) is 0 Å². The van der Waals surface area contributed by atoms with Crippen LogP contribution in [0, 0.1) is 0 Å². The van der Waals surface area contributed by atoms with Crippen molar-refractivity contribution in [2.24, 2.45) is 0 Å². The molecule has 0 fully saturated rings. The van der Waals surface area contributed by atoms with E-state index in [1.54, 1.807) is 0 Å². The molecular formula is C76H72BN3O. The summed E-state index contributed by atoms with van der Waals surface area (Å²) in [5, 5.41) is 2.20. The zero-order valence-corrected chi connectivity index (χ0v) is 49.1. The van der Waals surface area contributed by atoms with Crippen LogP contribution in [0.5, 0.6) is 0 Å². The van der Waals surface area contributed by atoms with Crippen LogP contribution in [0.2, 0.25) is 0 Å². The smallest absolute Gasteiger partial charge is 0.333 e. The van der Waals surface area contributed by atoms with Gasteiger partial charge < -0.3 is 19.0 Å². The van der Waals surface area contributed by atoms with Crippen LogP contribution < -0.4 is 25.5 Å². The number of hydrogen-bond acceptors (Lipinski definition) is 4. The molecule has 3 heterocycles. The van der Waals surface area contributed by atoms with Crippen molar-refractivity contribution < 1.29 is 4.42 Å². The highest BCUT2D eigenvalue weighted by atomic mass is 16.3. The number of nitrogens with zero attached hydrogens (tertiary/aromatic N) is 3. The molecule has 0 N–H and O–H groups in total. The van der Waals surface area contributed by atoms with Crippen molar-refractivity contribution in [3.63, 3.8) is 0 Å². The van der Waals surface area contributed by atoms with Gasteiger partial charge in [0, 0.05) is 56.0 Å². The third kappa shape index (κ3) is 9.03. The number of fused-ring (bicyclic) bond motifs is 8. The molecule has 0 spiro atoms. The van der Waals surface area contributed by atoms with Crippen LogP contribution in [0.25, 0.3) is 55.3 Å².